The van der Waals surface area contributed by atoms with Crippen molar-refractivity contribution in [3.05, 3.63) is 36.5 Å². The van der Waals surface area contributed by atoms with Crippen LogP contribution >= 0.6 is 0 Å². The molecule has 1 N–H and O–H groups in total. The van der Waals surface area contributed by atoms with E-state index in [1.807, 2.05) is 0 Å². The second-order valence-corrected chi connectivity index (χ2v) is 8.93. The molecule has 4 rings (SSSR count). The van der Waals surface area contributed by atoms with Crippen molar-refractivity contribution in [1.29, 1.82) is 0 Å². The van der Waals surface area contributed by atoms with Crippen molar-refractivity contribution in [2.75, 3.05) is 26.4 Å². The highest BCUT2D eigenvalue weighted by atomic mass is 16.7. The second kappa shape index (κ2) is 13.8. The molecule has 0 aromatic heterocycles. The molecular formula is C26H40O11. The van der Waals surface area contributed by atoms with Crippen LogP contribution in [0.15, 0.2) is 36.5 Å². The van der Waals surface area contributed by atoms with Gasteiger partial charge in [-0.3, -0.25) is 0 Å². The van der Waals surface area contributed by atoms with Gasteiger partial charge in [-0.2, -0.15) is 0 Å². The number of aliphatic hydroxyl groups excluding tert-OH is 1. The van der Waals surface area contributed by atoms with E-state index in [0.29, 0.717) is 16.7 Å². The van der Waals surface area contributed by atoms with E-state index in [4.69, 9.17) is 33.2 Å². The third-order valence-corrected chi connectivity index (χ3v) is 5.77. The third-order valence-electron chi connectivity index (χ3n) is 5.77. The molecule has 210 valence electrons. The number of fused-ring (bicyclic) bond motifs is 2. The summed E-state index contributed by atoms with van der Waals surface area (Å²) in [6, 6.07) is 0. The molecule has 37 heavy (non-hydrogen) atoms. The van der Waals surface area contributed by atoms with Crippen LogP contribution in [0.5, 0.6) is 0 Å². The highest BCUT2D eigenvalue weighted by Crippen LogP contribution is 2.31. The fraction of sp³-hybridized carbons (Fsp3) is 0.654. The molecule has 4 aliphatic rings. The largest absolute Gasteiger partial charge is 0.454 e. The Morgan fingerprint density at radius 3 is 1.19 bits per heavy atom. The Morgan fingerprint density at radius 1 is 0.595 bits per heavy atom. The van der Waals surface area contributed by atoms with Gasteiger partial charge in [0.05, 0.1) is 26.4 Å². The lowest BCUT2D eigenvalue weighted by Crippen LogP contribution is -2.36. The van der Waals surface area contributed by atoms with Crippen LogP contribution in [0, 0.1) is 0 Å². The lowest BCUT2D eigenvalue weighted by atomic mass is 10.1. The quantitative estimate of drug-likeness (QED) is 0.306. The van der Waals surface area contributed by atoms with Crippen LogP contribution in [0.3, 0.4) is 0 Å². The van der Waals surface area contributed by atoms with E-state index >= 15 is 0 Å². The predicted octanol–water partition coefficient (Wildman–Crippen LogP) is 1.66. The predicted molar refractivity (Wildman–Crippen MR) is 133 cm³/mol. The monoisotopic (exact) mass is 528 g/mol. The third kappa shape index (κ3) is 7.71. The first kappa shape index (κ1) is 32.5. The van der Waals surface area contributed by atoms with Crippen molar-refractivity contribution in [2.45, 2.75) is 84.5 Å². The topological polar surface area (TPSA) is 136 Å². The molecule has 11 heteroatoms. The molecule has 0 aromatic carbocycles. The maximum absolute atomic E-state index is 11.5. The van der Waals surface area contributed by atoms with E-state index in [-0.39, 0.29) is 53.5 Å². The number of esters is 3. The van der Waals surface area contributed by atoms with Gasteiger partial charge in [-0.25, -0.2) is 14.4 Å². The van der Waals surface area contributed by atoms with Crippen molar-refractivity contribution >= 4 is 17.9 Å². The molecule has 11 nitrogen and oxygen atoms in total. The van der Waals surface area contributed by atoms with Gasteiger partial charge in [0.15, 0.2) is 18.3 Å². The fourth-order valence-electron chi connectivity index (χ4n) is 3.89. The number of carbonyl (C=O) groups excluding carboxylic acids is 3. The van der Waals surface area contributed by atoms with Crippen LogP contribution in [-0.4, -0.2) is 98.3 Å². The number of carbonyl (C=O) groups is 3. The smallest absolute Gasteiger partial charge is 0.333 e. The molecular weight excluding hydrogens is 488 g/mol. The molecule has 4 fully saturated rings. The standard InChI is InChI=1S/C14H18O6.C10H14O5.2CH4/c1-7(2)13(15)19-9-5-17-12-10(6-18-11(9)12)20-14(16)8(3)4;1-5(2)10(12)15-7-4-14-8-6(11)3-13-9(7)8;;/h9-12H,1,3,5-6H2,2,4H3;6-9,11H,1,3-4H2,2H3;2*1H4. The lowest BCUT2D eigenvalue weighted by Gasteiger charge is -2.17. The number of aliphatic hydroxyl groups is 1. The van der Waals surface area contributed by atoms with Gasteiger partial charge < -0.3 is 38.3 Å². The highest BCUT2D eigenvalue weighted by molar-refractivity contribution is 5.88. The van der Waals surface area contributed by atoms with Crippen LogP contribution < -0.4 is 0 Å². The Bertz CT molecular complexity index is 840. The Hall–Kier alpha value is -2.57. The molecule has 4 aliphatic heterocycles. The normalized spacial score (nSPS) is 32.8. The minimum absolute atomic E-state index is 0. The van der Waals surface area contributed by atoms with Crippen molar-refractivity contribution < 1.29 is 52.6 Å². The van der Waals surface area contributed by atoms with Gasteiger partial charge in [-0.1, -0.05) is 34.6 Å². The minimum atomic E-state index is -0.622. The number of rotatable bonds is 6. The lowest BCUT2D eigenvalue weighted by molar-refractivity contribution is -0.151. The fourth-order valence-corrected chi connectivity index (χ4v) is 3.89. The van der Waals surface area contributed by atoms with E-state index in [9.17, 15) is 19.5 Å². The van der Waals surface area contributed by atoms with Crippen LogP contribution in [0.1, 0.15) is 35.6 Å². The molecule has 0 radical (unpaired) electrons. The summed E-state index contributed by atoms with van der Waals surface area (Å²) in [5.41, 5.74) is 0.977. The van der Waals surface area contributed by atoms with Gasteiger partial charge in [0.1, 0.15) is 30.5 Å². The first-order valence-electron chi connectivity index (χ1n) is 11.2. The van der Waals surface area contributed by atoms with Crippen LogP contribution in [0.25, 0.3) is 0 Å². The molecule has 0 saturated carbocycles. The van der Waals surface area contributed by atoms with E-state index in [0.717, 1.165) is 0 Å². The van der Waals surface area contributed by atoms with Crippen molar-refractivity contribution in [3.8, 4) is 0 Å². The Kier molecular flexibility index (Phi) is 12.1. The Morgan fingerprint density at radius 2 is 0.865 bits per heavy atom. The van der Waals surface area contributed by atoms with E-state index in [1.165, 1.54) is 0 Å². The van der Waals surface area contributed by atoms with Gasteiger partial charge in [0.25, 0.3) is 0 Å². The summed E-state index contributed by atoms with van der Waals surface area (Å²) in [4.78, 5) is 34.3. The highest BCUT2D eigenvalue weighted by Gasteiger charge is 2.51. The van der Waals surface area contributed by atoms with Gasteiger partial charge in [0, 0.05) is 16.7 Å². The maximum Gasteiger partial charge on any atom is 0.333 e. The summed E-state index contributed by atoms with van der Waals surface area (Å²) >= 11 is 0. The minimum Gasteiger partial charge on any atom is -0.454 e. The number of ether oxygens (including phenoxy) is 7. The summed E-state index contributed by atoms with van der Waals surface area (Å²) in [7, 11) is 0. The number of hydrogen-bond donors (Lipinski definition) is 1. The maximum atomic E-state index is 11.5. The molecule has 0 amide bonds. The molecule has 4 heterocycles. The molecule has 0 bridgehead atoms. The first-order chi connectivity index (χ1) is 16.5. The van der Waals surface area contributed by atoms with Crippen LogP contribution in [0.2, 0.25) is 0 Å². The molecule has 0 spiro atoms. The van der Waals surface area contributed by atoms with Gasteiger partial charge in [-0.15, -0.1) is 0 Å². The summed E-state index contributed by atoms with van der Waals surface area (Å²) < 4.78 is 37.3. The molecule has 8 atom stereocenters. The second-order valence-electron chi connectivity index (χ2n) is 8.93. The molecule has 4 saturated heterocycles. The molecule has 0 aliphatic carbocycles. The van der Waals surface area contributed by atoms with E-state index in [1.54, 1.807) is 20.8 Å². The van der Waals surface area contributed by atoms with E-state index in [2.05, 4.69) is 19.7 Å². The SMILES string of the molecule is C.C.C=C(C)C(=O)OC1COC2C(O)COC12.C=C(C)C(=O)OC1COC2C(OC(=O)C(=C)C)COC12. The van der Waals surface area contributed by atoms with Crippen LogP contribution in [-0.2, 0) is 47.5 Å². The number of hydrogen-bond acceptors (Lipinski definition) is 11. The Balaban J connectivity index is 0.000000363. The first-order valence-corrected chi connectivity index (χ1v) is 11.2. The zero-order valence-corrected chi connectivity index (χ0v) is 20.1. The zero-order valence-electron chi connectivity index (χ0n) is 20.1. The summed E-state index contributed by atoms with van der Waals surface area (Å²) in [6.45, 7) is 16.2. The molecule has 0 aromatic rings. The summed E-state index contributed by atoms with van der Waals surface area (Å²) in [5.74, 6) is -1.41. The summed E-state index contributed by atoms with van der Waals surface area (Å²) in [5, 5.41) is 9.45. The zero-order chi connectivity index (χ0) is 25.9. The van der Waals surface area contributed by atoms with Gasteiger partial charge in [-0.05, 0) is 20.8 Å². The van der Waals surface area contributed by atoms with Crippen LogP contribution in [0.4, 0.5) is 0 Å². The van der Waals surface area contributed by atoms with Crippen molar-refractivity contribution in [1.82, 2.24) is 0 Å². The van der Waals surface area contributed by atoms with Gasteiger partial charge >= 0.3 is 17.9 Å². The van der Waals surface area contributed by atoms with E-state index < -0.39 is 54.5 Å². The summed E-state index contributed by atoms with van der Waals surface area (Å²) in [6.07, 6.45) is -3.60. The Labute approximate surface area is 218 Å². The van der Waals surface area contributed by atoms with Crippen molar-refractivity contribution in [2.24, 2.45) is 0 Å². The average molecular weight is 529 g/mol. The van der Waals surface area contributed by atoms with Gasteiger partial charge in [0.2, 0.25) is 0 Å². The molecule has 8 unspecified atom stereocenters. The average Bonchev–Trinajstić information content (AvgIpc) is 3.55. The van der Waals surface area contributed by atoms with Crippen molar-refractivity contribution in [3.63, 3.8) is 0 Å².